The first-order valence-electron chi connectivity index (χ1n) is 7.46. The molecule has 0 bridgehead atoms. The molecule has 0 aliphatic rings. The van der Waals surface area contributed by atoms with Gasteiger partial charge in [-0.2, -0.15) is 0 Å². The summed E-state index contributed by atoms with van der Waals surface area (Å²) in [5.74, 6) is 0.587. The summed E-state index contributed by atoms with van der Waals surface area (Å²) < 4.78 is 5.24. The maximum absolute atomic E-state index is 12.1. The second kappa shape index (κ2) is 7.66. The summed E-state index contributed by atoms with van der Waals surface area (Å²) in [6.45, 7) is 0.922. The highest BCUT2D eigenvalue weighted by molar-refractivity contribution is 6.31. The van der Waals surface area contributed by atoms with Gasteiger partial charge in [0.25, 0.3) is 5.91 Å². The quantitative estimate of drug-likeness (QED) is 0.714. The predicted molar refractivity (Wildman–Crippen MR) is 92.9 cm³/mol. The zero-order valence-electron chi connectivity index (χ0n) is 12.8. The first-order valence-corrected chi connectivity index (χ1v) is 7.84. The first kappa shape index (κ1) is 16.1. The molecule has 6 heteroatoms. The van der Waals surface area contributed by atoms with Crippen LogP contribution in [-0.4, -0.2) is 10.9 Å². The number of pyridine rings is 1. The molecule has 1 amide bonds. The average molecular weight is 342 g/mol. The van der Waals surface area contributed by atoms with Gasteiger partial charge in [-0.15, -0.1) is 0 Å². The number of nitrogens with one attached hydrogen (secondary N) is 2. The summed E-state index contributed by atoms with van der Waals surface area (Å²) in [6.07, 6.45) is 3.25. The van der Waals surface area contributed by atoms with Crippen LogP contribution in [0.4, 0.5) is 5.69 Å². The number of nitrogens with zero attached hydrogens (tertiary/aromatic N) is 1. The molecule has 3 aromatic rings. The summed E-state index contributed by atoms with van der Waals surface area (Å²) in [7, 11) is 0. The van der Waals surface area contributed by atoms with Crippen LogP contribution in [-0.2, 0) is 13.1 Å². The predicted octanol–water partition coefficient (Wildman–Crippen LogP) is 3.87. The Morgan fingerprint density at radius 3 is 2.67 bits per heavy atom. The van der Waals surface area contributed by atoms with E-state index in [4.69, 9.17) is 16.0 Å². The van der Waals surface area contributed by atoms with Crippen LogP contribution in [0.5, 0.6) is 0 Å². The lowest BCUT2D eigenvalue weighted by molar-refractivity contribution is 0.0946. The minimum absolute atomic E-state index is 0.243. The molecule has 2 N–H and O–H groups in total. The number of amides is 1. The molecular weight excluding hydrogens is 326 g/mol. The van der Waals surface area contributed by atoms with E-state index in [0.29, 0.717) is 23.8 Å². The average Bonchev–Trinajstić information content (AvgIpc) is 3.13. The third kappa shape index (κ3) is 4.14. The topological polar surface area (TPSA) is 67.2 Å². The highest BCUT2D eigenvalue weighted by Crippen LogP contribution is 2.14. The molecule has 0 atom stereocenters. The highest BCUT2D eigenvalue weighted by Gasteiger charge is 2.08. The Bertz CT molecular complexity index is 801. The van der Waals surface area contributed by atoms with Crippen LogP contribution in [0.25, 0.3) is 0 Å². The van der Waals surface area contributed by atoms with Crippen LogP contribution in [0.2, 0.25) is 5.02 Å². The van der Waals surface area contributed by atoms with Crippen molar-refractivity contribution in [2.24, 2.45) is 0 Å². The van der Waals surface area contributed by atoms with Gasteiger partial charge in [0.05, 0.1) is 24.7 Å². The molecule has 0 saturated carbocycles. The molecule has 0 saturated heterocycles. The van der Waals surface area contributed by atoms with Crippen molar-refractivity contribution >= 4 is 23.2 Å². The third-order valence-corrected chi connectivity index (χ3v) is 3.81. The Labute approximate surface area is 144 Å². The van der Waals surface area contributed by atoms with Crippen molar-refractivity contribution in [1.29, 1.82) is 0 Å². The minimum Gasteiger partial charge on any atom is -0.467 e. The number of carbonyl (C=O) groups excluding carboxylic acids is 1. The van der Waals surface area contributed by atoms with E-state index in [-0.39, 0.29) is 5.91 Å². The maximum atomic E-state index is 12.1. The van der Waals surface area contributed by atoms with Gasteiger partial charge in [0, 0.05) is 11.6 Å². The maximum Gasteiger partial charge on any atom is 0.270 e. The van der Waals surface area contributed by atoms with E-state index in [1.54, 1.807) is 30.7 Å². The summed E-state index contributed by atoms with van der Waals surface area (Å²) in [6, 6.07) is 14.6. The molecule has 0 aliphatic heterocycles. The SMILES string of the molecule is O=C(NCc1ccccc1Cl)c1ccc(NCc2ccco2)cn1. The number of halogens is 1. The molecule has 0 spiro atoms. The van der Waals surface area contributed by atoms with Gasteiger partial charge in [0.2, 0.25) is 0 Å². The fraction of sp³-hybridized carbons (Fsp3) is 0.111. The van der Waals surface area contributed by atoms with Crippen LogP contribution in [0.3, 0.4) is 0 Å². The second-order valence-electron chi connectivity index (χ2n) is 5.14. The minimum atomic E-state index is -0.243. The van der Waals surface area contributed by atoms with Crippen molar-refractivity contribution in [3.8, 4) is 0 Å². The standard InChI is InChI=1S/C18H16ClN3O2/c19-16-6-2-1-4-13(16)10-22-18(23)17-8-7-14(11-21-17)20-12-15-5-3-9-24-15/h1-9,11,20H,10,12H2,(H,22,23). The number of aromatic nitrogens is 1. The molecule has 122 valence electrons. The summed E-state index contributed by atoms with van der Waals surface area (Å²) in [5.41, 5.74) is 2.03. The zero-order chi connectivity index (χ0) is 16.8. The molecule has 0 unspecified atom stereocenters. The van der Waals surface area contributed by atoms with Gasteiger partial charge in [-0.1, -0.05) is 29.8 Å². The van der Waals surface area contributed by atoms with E-state index in [0.717, 1.165) is 17.0 Å². The van der Waals surface area contributed by atoms with E-state index in [2.05, 4.69) is 15.6 Å². The van der Waals surface area contributed by atoms with Gasteiger partial charge in [0.1, 0.15) is 11.5 Å². The van der Waals surface area contributed by atoms with Crippen LogP contribution in [0, 0.1) is 0 Å². The normalized spacial score (nSPS) is 10.4. The van der Waals surface area contributed by atoms with Gasteiger partial charge < -0.3 is 15.1 Å². The van der Waals surface area contributed by atoms with Crippen molar-refractivity contribution in [1.82, 2.24) is 10.3 Å². The molecule has 0 radical (unpaired) electrons. The number of benzene rings is 1. The molecule has 3 rings (SSSR count). The number of hydrogen-bond acceptors (Lipinski definition) is 4. The molecular formula is C18H16ClN3O2. The highest BCUT2D eigenvalue weighted by atomic mass is 35.5. The van der Waals surface area contributed by atoms with Crippen LogP contribution >= 0.6 is 11.6 Å². The van der Waals surface area contributed by atoms with E-state index < -0.39 is 0 Å². The molecule has 1 aromatic carbocycles. The molecule has 0 fully saturated rings. The Balaban J connectivity index is 1.54. The van der Waals surface area contributed by atoms with Gasteiger partial charge in [-0.05, 0) is 35.9 Å². The van der Waals surface area contributed by atoms with Crippen molar-refractivity contribution < 1.29 is 9.21 Å². The number of anilines is 1. The van der Waals surface area contributed by atoms with E-state index in [9.17, 15) is 4.79 Å². The van der Waals surface area contributed by atoms with Crippen molar-refractivity contribution in [3.05, 3.63) is 83.0 Å². The smallest absolute Gasteiger partial charge is 0.270 e. The second-order valence-corrected chi connectivity index (χ2v) is 5.55. The summed E-state index contributed by atoms with van der Waals surface area (Å²) >= 11 is 6.07. The number of furan rings is 1. The van der Waals surface area contributed by atoms with Gasteiger partial charge in [-0.25, -0.2) is 4.98 Å². The number of rotatable bonds is 6. The first-order chi connectivity index (χ1) is 11.7. The molecule has 2 aromatic heterocycles. The zero-order valence-corrected chi connectivity index (χ0v) is 13.6. The lowest BCUT2D eigenvalue weighted by Crippen LogP contribution is -2.23. The van der Waals surface area contributed by atoms with Gasteiger partial charge in [-0.3, -0.25) is 4.79 Å². The summed E-state index contributed by atoms with van der Waals surface area (Å²) in [4.78, 5) is 16.3. The van der Waals surface area contributed by atoms with Crippen molar-refractivity contribution in [2.75, 3.05) is 5.32 Å². The Hall–Kier alpha value is -2.79. The van der Waals surface area contributed by atoms with E-state index in [1.807, 2.05) is 30.3 Å². The lowest BCUT2D eigenvalue weighted by Gasteiger charge is -2.08. The van der Waals surface area contributed by atoms with Crippen LogP contribution < -0.4 is 10.6 Å². The molecule has 0 aliphatic carbocycles. The Morgan fingerprint density at radius 2 is 1.96 bits per heavy atom. The molecule has 5 nitrogen and oxygen atoms in total. The summed E-state index contributed by atoms with van der Waals surface area (Å²) in [5, 5.41) is 6.61. The fourth-order valence-electron chi connectivity index (χ4n) is 2.14. The largest absolute Gasteiger partial charge is 0.467 e. The number of hydrogen-bond donors (Lipinski definition) is 2. The van der Waals surface area contributed by atoms with Crippen molar-refractivity contribution in [3.63, 3.8) is 0 Å². The van der Waals surface area contributed by atoms with Gasteiger partial charge in [0.15, 0.2) is 0 Å². The Morgan fingerprint density at radius 1 is 1.08 bits per heavy atom. The van der Waals surface area contributed by atoms with Crippen LogP contribution in [0.1, 0.15) is 21.8 Å². The fourth-order valence-corrected chi connectivity index (χ4v) is 2.35. The molecule has 24 heavy (non-hydrogen) atoms. The third-order valence-electron chi connectivity index (χ3n) is 3.44. The monoisotopic (exact) mass is 341 g/mol. The Kier molecular flexibility index (Phi) is 5.13. The van der Waals surface area contributed by atoms with Crippen LogP contribution in [0.15, 0.2) is 65.4 Å². The molecule has 2 heterocycles. The lowest BCUT2D eigenvalue weighted by atomic mass is 10.2. The van der Waals surface area contributed by atoms with Gasteiger partial charge >= 0.3 is 0 Å². The van der Waals surface area contributed by atoms with E-state index in [1.165, 1.54) is 0 Å². The van der Waals surface area contributed by atoms with E-state index >= 15 is 0 Å². The number of carbonyl (C=O) groups is 1. The van der Waals surface area contributed by atoms with Crippen molar-refractivity contribution in [2.45, 2.75) is 13.1 Å².